The third-order valence-electron chi connectivity index (χ3n) is 4.55. The first kappa shape index (κ1) is 20.6. The highest BCUT2D eigenvalue weighted by molar-refractivity contribution is 6.30. The van der Waals surface area contributed by atoms with Crippen molar-refractivity contribution in [1.82, 2.24) is 5.32 Å². The van der Waals surface area contributed by atoms with E-state index in [9.17, 15) is 9.59 Å². The van der Waals surface area contributed by atoms with Gasteiger partial charge in [0.25, 0.3) is 5.91 Å². The van der Waals surface area contributed by atoms with Gasteiger partial charge in [0.1, 0.15) is 5.75 Å². The van der Waals surface area contributed by atoms with Crippen LogP contribution in [0.4, 0.5) is 0 Å². The maximum Gasteiger partial charge on any atom is 0.261 e. The lowest BCUT2D eigenvalue weighted by molar-refractivity contribution is -0.127. The van der Waals surface area contributed by atoms with Crippen LogP contribution in [0.2, 0.25) is 5.02 Å². The molecule has 1 N–H and O–H groups in total. The van der Waals surface area contributed by atoms with Crippen LogP contribution in [0, 0.1) is 0 Å². The van der Waals surface area contributed by atoms with Crippen molar-refractivity contribution in [2.24, 2.45) is 0 Å². The average Bonchev–Trinajstić information content (AvgIpc) is 2.73. The molecule has 0 aliphatic heterocycles. The van der Waals surface area contributed by atoms with Crippen molar-refractivity contribution in [3.8, 4) is 5.75 Å². The number of rotatable bonds is 7. The van der Waals surface area contributed by atoms with Crippen LogP contribution in [0.25, 0.3) is 0 Å². The third-order valence-corrected chi connectivity index (χ3v) is 4.80. The van der Waals surface area contributed by atoms with E-state index >= 15 is 0 Å². The van der Waals surface area contributed by atoms with E-state index in [0.29, 0.717) is 16.3 Å². The number of ketones is 1. The summed E-state index contributed by atoms with van der Waals surface area (Å²) in [5.41, 5.74) is 2.41. The molecule has 0 aliphatic carbocycles. The monoisotopic (exact) mass is 407 g/mol. The maximum atomic E-state index is 12.9. The van der Waals surface area contributed by atoms with Crippen molar-refractivity contribution >= 4 is 23.3 Å². The van der Waals surface area contributed by atoms with Crippen LogP contribution in [0.5, 0.6) is 5.75 Å². The molecule has 3 rings (SSSR count). The number of benzene rings is 3. The van der Waals surface area contributed by atoms with Crippen molar-refractivity contribution in [3.05, 3.63) is 101 Å². The summed E-state index contributed by atoms with van der Waals surface area (Å²) in [6, 6.07) is 23.6. The second-order valence-corrected chi connectivity index (χ2v) is 7.18. The van der Waals surface area contributed by atoms with Crippen molar-refractivity contribution in [2.45, 2.75) is 26.0 Å². The fourth-order valence-corrected chi connectivity index (χ4v) is 3.09. The van der Waals surface area contributed by atoms with Crippen LogP contribution in [0.1, 0.15) is 41.4 Å². The smallest absolute Gasteiger partial charge is 0.261 e. The van der Waals surface area contributed by atoms with Gasteiger partial charge in [-0.2, -0.15) is 0 Å². The van der Waals surface area contributed by atoms with Crippen LogP contribution in [0.15, 0.2) is 78.9 Å². The van der Waals surface area contributed by atoms with Crippen molar-refractivity contribution < 1.29 is 14.3 Å². The highest BCUT2D eigenvalue weighted by Crippen LogP contribution is 2.24. The topological polar surface area (TPSA) is 55.4 Å². The average molecular weight is 408 g/mol. The summed E-state index contributed by atoms with van der Waals surface area (Å²) in [5.74, 6) is 0.157. The summed E-state index contributed by atoms with van der Waals surface area (Å²) in [6.07, 6.45) is -0.740. The first-order valence-electron chi connectivity index (χ1n) is 9.32. The quantitative estimate of drug-likeness (QED) is 0.546. The van der Waals surface area contributed by atoms with E-state index in [-0.39, 0.29) is 17.7 Å². The first-order chi connectivity index (χ1) is 13.9. The fourth-order valence-electron chi connectivity index (χ4n) is 2.97. The Kier molecular flexibility index (Phi) is 6.68. The highest BCUT2D eigenvalue weighted by Gasteiger charge is 2.22. The summed E-state index contributed by atoms with van der Waals surface area (Å²) in [6.45, 7) is 3.17. The molecule has 0 bridgehead atoms. The van der Waals surface area contributed by atoms with Crippen LogP contribution >= 0.6 is 11.6 Å². The van der Waals surface area contributed by atoms with Gasteiger partial charge in [-0.25, -0.2) is 0 Å². The fraction of sp³-hybridized carbons (Fsp3) is 0.167. The Hall–Kier alpha value is -3.11. The van der Waals surface area contributed by atoms with Gasteiger partial charge < -0.3 is 10.1 Å². The van der Waals surface area contributed by atoms with Gasteiger partial charge in [0.15, 0.2) is 11.9 Å². The van der Waals surface area contributed by atoms with E-state index in [0.717, 1.165) is 11.1 Å². The summed E-state index contributed by atoms with van der Waals surface area (Å²) < 4.78 is 5.77. The molecule has 2 atom stereocenters. The van der Waals surface area contributed by atoms with Gasteiger partial charge in [0, 0.05) is 10.6 Å². The van der Waals surface area contributed by atoms with Gasteiger partial charge >= 0.3 is 0 Å². The van der Waals surface area contributed by atoms with E-state index in [1.165, 1.54) is 6.92 Å². The molecule has 0 radical (unpaired) electrons. The Bertz CT molecular complexity index is 987. The Morgan fingerprint density at radius 2 is 1.55 bits per heavy atom. The Morgan fingerprint density at radius 3 is 2.21 bits per heavy atom. The van der Waals surface area contributed by atoms with Gasteiger partial charge in [0.05, 0.1) is 6.04 Å². The van der Waals surface area contributed by atoms with E-state index < -0.39 is 6.10 Å². The minimum absolute atomic E-state index is 0.0561. The number of carbonyl (C=O) groups excluding carboxylic acids is 2. The lowest BCUT2D eigenvalue weighted by Gasteiger charge is -2.23. The van der Waals surface area contributed by atoms with Gasteiger partial charge in [-0.05, 0) is 49.2 Å². The molecule has 0 spiro atoms. The van der Waals surface area contributed by atoms with Gasteiger partial charge in [-0.3, -0.25) is 9.59 Å². The number of hydrogen-bond acceptors (Lipinski definition) is 3. The Labute approximate surface area is 175 Å². The maximum absolute atomic E-state index is 12.9. The number of amides is 1. The second-order valence-electron chi connectivity index (χ2n) is 6.75. The van der Waals surface area contributed by atoms with Crippen molar-refractivity contribution in [2.75, 3.05) is 0 Å². The lowest BCUT2D eigenvalue weighted by atomic mass is 9.98. The van der Waals surface area contributed by atoms with Crippen LogP contribution in [0.3, 0.4) is 0 Å². The van der Waals surface area contributed by atoms with E-state index in [1.807, 2.05) is 42.5 Å². The molecule has 3 aromatic carbocycles. The number of nitrogens with one attached hydrogen (secondary N) is 1. The van der Waals surface area contributed by atoms with Crippen LogP contribution in [-0.4, -0.2) is 17.8 Å². The Balaban J connectivity index is 1.78. The van der Waals surface area contributed by atoms with Gasteiger partial charge in [-0.1, -0.05) is 66.2 Å². The number of ether oxygens (including phenoxy) is 1. The Morgan fingerprint density at radius 1 is 0.897 bits per heavy atom. The molecule has 5 heteroatoms. The number of carbonyl (C=O) groups is 2. The zero-order valence-electron chi connectivity index (χ0n) is 16.3. The summed E-state index contributed by atoms with van der Waals surface area (Å²) in [7, 11) is 0. The normalized spacial score (nSPS) is 12.7. The van der Waals surface area contributed by atoms with E-state index in [4.69, 9.17) is 16.3 Å². The first-order valence-corrected chi connectivity index (χ1v) is 9.70. The molecule has 0 aliphatic rings. The number of Topliss-reactive ketones (excluding diaryl/α,β-unsaturated/α-hetero) is 1. The zero-order chi connectivity index (χ0) is 20.8. The molecule has 0 aromatic heterocycles. The molecular formula is C24H22ClNO3. The summed E-state index contributed by atoms with van der Waals surface area (Å²) in [5, 5.41) is 3.69. The third kappa shape index (κ3) is 5.46. The molecule has 1 amide bonds. The molecule has 29 heavy (non-hydrogen) atoms. The standard InChI is InChI=1S/C24H22ClNO3/c1-16(27)20-9-6-10-22(15-20)29-17(2)24(28)26-23(18-7-4-3-5-8-18)19-11-13-21(25)14-12-19/h3-15,17,23H,1-2H3,(H,26,28). The molecule has 148 valence electrons. The SMILES string of the molecule is CC(=O)c1cccc(OC(C)C(=O)NC(c2ccccc2)c2ccc(Cl)cc2)c1. The number of hydrogen-bond donors (Lipinski definition) is 1. The molecule has 3 aromatic rings. The predicted molar refractivity (Wildman–Crippen MR) is 114 cm³/mol. The molecule has 0 fully saturated rings. The highest BCUT2D eigenvalue weighted by atomic mass is 35.5. The van der Waals surface area contributed by atoms with Crippen LogP contribution < -0.4 is 10.1 Å². The van der Waals surface area contributed by atoms with Gasteiger partial charge in [0.2, 0.25) is 0 Å². The minimum Gasteiger partial charge on any atom is -0.481 e. The summed E-state index contributed by atoms with van der Waals surface area (Å²) in [4.78, 5) is 24.4. The van der Waals surface area contributed by atoms with Crippen LogP contribution in [-0.2, 0) is 4.79 Å². The molecule has 4 nitrogen and oxygen atoms in total. The predicted octanol–water partition coefficient (Wildman–Crippen LogP) is 5.22. The van der Waals surface area contributed by atoms with Gasteiger partial charge in [-0.15, -0.1) is 0 Å². The van der Waals surface area contributed by atoms with Crippen molar-refractivity contribution in [3.63, 3.8) is 0 Å². The molecule has 0 saturated carbocycles. The largest absolute Gasteiger partial charge is 0.481 e. The zero-order valence-corrected chi connectivity index (χ0v) is 17.0. The number of halogens is 1. The molecule has 0 heterocycles. The van der Waals surface area contributed by atoms with E-state index in [1.54, 1.807) is 43.3 Å². The molecule has 0 saturated heterocycles. The molecule has 2 unspecified atom stereocenters. The lowest BCUT2D eigenvalue weighted by Crippen LogP contribution is -2.39. The van der Waals surface area contributed by atoms with Crippen molar-refractivity contribution in [1.29, 1.82) is 0 Å². The summed E-state index contributed by atoms with van der Waals surface area (Å²) >= 11 is 6.01. The molecular weight excluding hydrogens is 386 g/mol. The second kappa shape index (κ2) is 9.39. The van der Waals surface area contributed by atoms with E-state index in [2.05, 4.69) is 5.32 Å². The minimum atomic E-state index is -0.740.